The molecule has 3 aromatic rings. The molecule has 1 aliphatic rings. The molecular formula is C19H16ClFN2O2S2. The average Bonchev–Trinajstić information content (AvgIpc) is 3.11. The van der Waals surface area contributed by atoms with E-state index in [-0.39, 0.29) is 15.7 Å². The molecule has 4 nitrogen and oxygen atoms in total. The third-order valence-corrected chi connectivity index (χ3v) is 7.61. The number of anilines is 1. The van der Waals surface area contributed by atoms with Gasteiger partial charge in [0.25, 0.3) is 11.8 Å². The van der Waals surface area contributed by atoms with Crippen LogP contribution in [0.3, 0.4) is 0 Å². The van der Waals surface area contributed by atoms with Gasteiger partial charge in [-0.25, -0.2) is 4.39 Å². The molecule has 27 heavy (non-hydrogen) atoms. The van der Waals surface area contributed by atoms with Crippen molar-refractivity contribution < 1.29 is 14.0 Å². The van der Waals surface area contributed by atoms with E-state index in [2.05, 4.69) is 12.2 Å². The highest BCUT2D eigenvalue weighted by Gasteiger charge is 2.28. The van der Waals surface area contributed by atoms with E-state index in [4.69, 9.17) is 17.3 Å². The van der Waals surface area contributed by atoms with Crippen molar-refractivity contribution in [2.75, 3.05) is 5.32 Å². The zero-order valence-electron chi connectivity index (χ0n) is 14.4. The lowest BCUT2D eigenvalue weighted by atomic mass is 9.88. The fraction of sp³-hybridized carbons (Fsp3) is 0.263. The molecular weight excluding hydrogens is 407 g/mol. The Bertz CT molecular complexity index is 1090. The van der Waals surface area contributed by atoms with Gasteiger partial charge in [-0.15, -0.1) is 22.7 Å². The van der Waals surface area contributed by atoms with Gasteiger partial charge in [-0.3, -0.25) is 9.59 Å². The van der Waals surface area contributed by atoms with Crippen LogP contribution in [0.1, 0.15) is 43.8 Å². The molecule has 8 heteroatoms. The number of thiophene rings is 2. The summed E-state index contributed by atoms with van der Waals surface area (Å²) in [5.74, 6) is -0.812. The number of halogens is 2. The average molecular weight is 423 g/mol. The maximum Gasteiger partial charge on any atom is 0.267 e. The summed E-state index contributed by atoms with van der Waals surface area (Å²) in [5.41, 5.74) is 6.94. The van der Waals surface area contributed by atoms with Crippen LogP contribution in [0.15, 0.2) is 18.2 Å². The molecule has 2 heterocycles. The maximum absolute atomic E-state index is 13.4. The maximum atomic E-state index is 13.4. The SMILES string of the molecule is CC1CCc2c(sc(NC(=O)c3sc4cc(F)ccc4c3Cl)c2C(N)=O)C1. The molecule has 140 valence electrons. The van der Waals surface area contributed by atoms with E-state index in [1.807, 2.05) is 0 Å². The fourth-order valence-corrected chi connectivity index (χ4v) is 6.29. The van der Waals surface area contributed by atoms with Crippen LogP contribution in [0.2, 0.25) is 5.02 Å². The van der Waals surface area contributed by atoms with Crippen LogP contribution >= 0.6 is 34.3 Å². The van der Waals surface area contributed by atoms with Crippen molar-refractivity contribution in [3.63, 3.8) is 0 Å². The van der Waals surface area contributed by atoms with Crippen LogP contribution < -0.4 is 11.1 Å². The number of benzene rings is 1. The number of amides is 2. The van der Waals surface area contributed by atoms with Gasteiger partial charge >= 0.3 is 0 Å². The van der Waals surface area contributed by atoms with E-state index >= 15 is 0 Å². The Labute approximate surface area is 168 Å². The molecule has 3 N–H and O–H groups in total. The Morgan fingerprint density at radius 1 is 1.33 bits per heavy atom. The standard InChI is InChI=1S/C19H16ClFN2O2S2/c1-8-2-4-10-12(6-8)27-19(14(10)17(22)24)23-18(25)16-15(20)11-5-3-9(21)7-13(11)26-16/h3,5,7-8H,2,4,6H2,1H3,(H2,22,24)(H,23,25). The summed E-state index contributed by atoms with van der Waals surface area (Å²) < 4.78 is 14.0. The number of nitrogens with one attached hydrogen (secondary N) is 1. The van der Waals surface area contributed by atoms with E-state index in [0.29, 0.717) is 26.6 Å². The summed E-state index contributed by atoms with van der Waals surface area (Å²) in [5, 5.41) is 4.18. The second-order valence-corrected chi connectivity index (χ2v) is 9.30. The van der Waals surface area contributed by atoms with Crippen LogP contribution in [0.5, 0.6) is 0 Å². The summed E-state index contributed by atoms with van der Waals surface area (Å²) in [6.07, 6.45) is 2.65. The van der Waals surface area contributed by atoms with Gasteiger partial charge in [0.15, 0.2) is 0 Å². The van der Waals surface area contributed by atoms with Crippen LogP contribution in [0, 0.1) is 11.7 Å². The van der Waals surface area contributed by atoms with Crippen molar-refractivity contribution in [3.05, 3.63) is 49.9 Å². The Kier molecular flexibility index (Phi) is 4.70. The smallest absolute Gasteiger partial charge is 0.267 e. The Hall–Kier alpha value is -1.96. The third kappa shape index (κ3) is 3.24. The number of hydrogen-bond acceptors (Lipinski definition) is 4. The third-order valence-electron chi connectivity index (χ3n) is 4.78. The van der Waals surface area contributed by atoms with Gasteiger partial charge in [-0.1, -0.05) is 18.5 Å². The quantitative estimate of drug-likeness (QED) is 0.606. The van der Waals surface area contributed by atoms with Gasteiger partial charge in [-0.2, -0.15) is 0 Å². The molecule has 1 atom stereocenters. The predicted molar refractivity (Wildman–Crippen MR) is 109 cm³/mol. The van der Waals surface area contributed by atoms with Crippen molar-refractivity contribution in [2.24, 2.45) is 11.7 Å². The highest BCUT2D eigenvalue weighted by molar-refractivity contribution is 7.22. The first-order chi connectivity index (χ1) is 12.8. The topological polar surface area (TPSA) is 72.2 Å². The Morgan fingerprint density at radius 3 is 2.85 bits per heavy atom. The lowest BCUT2D eigenvalue weighted by Gasteiger charge is -2.18. The van der Waals surface area contributed by atoms with Crippen LogP contribution in [0.25, 0.3) is 10.1 Å². The molecule has 0 bridgehead atoms. The van der Waals surface area contributed by atoms with Crippen molar-refractivity contribution in [2.45, 2.75) is 26.2 Å². The zero-order valence-corrected chi connectivity index (χ0v) is 16.8. The first-order valence-corrected chi connectivity index (χ1v) is 10.5. The van der Waals surface area contributed by atoms with E-state index in [1.54, 1.807) is 6.07 Å². The monoisotopic (exact) mass is 422 g/mol. The molecule has 0 fully saturated rings. The fourth-order valence-electron chi connectivity index (χ4n) is 3.44. The highest BCUT2D eigenvalue weighted by atomic mass is 35.5. The molecule has 0 aliphatic heterocycles. The van der Waals surface area contributed by atoms with Gasteiger partial charge in [-0.05, 0) is 48.9 Å². The summed E-state index contributed by atoms with van der Waals surface area (Å²) in [4.78, 5) is 26.2. The number of hydrogen-bond donors (Lipinski definition) is 2. The Balaban J connectivity index is 1.71. The molecule has 2 aromatic heterocycles. The lowest BCUT2D eigenvalue weighted by Crippen LogP contribution is -2.19. The molecule has 4 rings (SSSR count). The van der Waals surface area contributed by atoms with Crippen LogP contribution in [0.4, 0.5) is 9.39 Å². The van der Waals surface area contributed by atoms with Crippen molar-refractivity contribution in [1.29, 1.82) is 0 Å². The number of fused-ring (bicyclic) bond motifs is 2. The van der Waals surface area contributed by atoms with Crippen LogP contribution in [-0.2, 0) is 12.8 Å². The molecule has 0 radical (unpaired) electrons. The second-order valence-electron chi connectivity index (χ2n) is 6.76. The van der Waals surface area contributed by atoms with E-state index in [9.17, 15) is 14.0 Å². The number of primary amides is 1. The summed E-state index contributed by atoms with van der Waals surface area (Å²) >= 11 is 8.85. The molecule has 0 saturated heterocycles. The number of carbonyl (C=O) groups is 2. The summed E-state index contributed by atoms with van der Waals surface area (Å²) in [6.45, 7) is 2.17. The number of nitrogens with two attached hydrogens (primary N) is 1. The molecule has 1 unspecified atom stereocenters. The van der Waals surface area contributed by atoms with E-state index in [0.717, 1.165) is 41.0 Å². The van der Waals surface area contributed by atoms with Crippen molar-refractivity contribution in [1.82, 2.24) is 0 Å². The molecule has 0 spiro atoms. The molecule has 2 amide bonds. The zero-order chi connectivity index (χ0) is 19.3. The molecule has 1 aromatic carbocycles. The summed E-state index contributed by atoms with van der Waals surface area (Å²) in [7, 11) is 0. The summed E-state index contributed by atoms with van der Waals surface area (Å²) in [6, 6.07) is 4.21. The Morgan fingerprint density at radius 2 is 2.11 bits per heavy atom. The first kappa shape index (κ1) is 18.4. The number of carbonyl (C=O) groups excluding carboxylic acids is 2. The molecule has 0 saturated carbocycles. The molecule has 1 aliphatic carbocycles. The largest absolute Gasteiger partial charge is 0.365 e. The first-order valence-electron chi connectivity index (χ1n) is 8.48. The normalized spacial score (nSPS) is 16.3. The van der Waals surface area contributed by atoms with Gasteiger partial charge in [0.1, 0.15) is 15.7 Å². The minimum atomic E-state index is -0.540. The number of rotatable bonds is 3. The van der Waals surface area contributed by atoms with Crippen molar-refractivity contribution >= 4 is 61.2 Å². The van der Waals surface area contributed by atoms with Gasteiger partial charge < -0.3 is 11.1 Å². The van der Waals surface area contributed by atoms with Crippen molar-refractivity contribution in [3.8, 4) is 0 Å². The highest BCUT2D eigenvalue weighted by Crippen LogP contribution is 2.41. The predicted octanol–water partition coefficient (Wildman–Crippen LogP) is 5.23. The minimum absolute atomic E-state index is 0.281. The van der Waals surface area contributed by atoms with Crippen LogP contribution in [-0.4, -0.2) is 11.8 Å². The second kappa shape index (κ2) is 6.89. The van der Waals surface area contributed by atoms with Gasteiger partial charge in [0.05, 0.1) is 10.6 Å². The van der Waals surface area contributed by atoms with E-state index < -0.39 is 11.8 Å². The van der Waals surface area contributed by atoms with Gasteiger partial charge in [0, 0.05) is 15.0 Å². The lowest BCUT2D eigenvalue weighted by molar-refractivity contribution is 0.1000. The van der Waals surface area contributed by atoms with E-state index in [1.165, 1.54) is 23.5 Å². The minimum Gasteiger partial charge on any atom is -0.365 e. The van der Waals surface area contributed by atoms with Gasteiger partial charge in [0.2, 0.25) is 0 Å².